The normalized spacial score (nSPS) is 16.0. The summed E-state index contributed by atoms with van der Waals surface area (Å²) in [5.41, 5.74) is 0.946. The summed E-state index contributed by atoms with van der Waals surface area (Å²) in [6.07, 6.45) is -3.34. The van der Waals surface area contributed by atoms with Gasteiger partial charge in [0.2, 0.25) is 5.91 Å². The van der Waals surface area contributed by atoms with Crippen LogP contribution in [0.4, 0.5) is 13.2 Å². The van der Waals surface area contributed by atoms with Crippen molar-refractivity contribution in [3.63, 3.8) is 0 Å². The monoisotopic (exact) mass is 360 g/mol. The van der Waals surface area contributed by atoms with Crippen LogP contribution in [0.15, 0.2) is 18.2 Å². The Bertz CT molecular complexity index is 585. The number of amides is 1. The molecule has 1 aliphatic rings. The molecular formula is C17H23F3N2O3. The first kappa shape index (κ1) is 19.4. The first-order chi connectivity index (χ1) is 11.8. The number of ether oxygens (including phenoxy) is 2. The Morgan fingerprint density at radius 3 is 2.28 bits per heavy atom. The van der Waals surface area contributed by atoms with Crippen molar-refractivity contribution in [2.24, 2.45) is 0 Å². The molecule has 8 heteroatoms. The zero-order valence-electron chi connectivity index (χ0n) is 14.4. The Morgan fingerprint density at radius 2 is 1.72 bits per heavy atom. The van der Waals surface area contributed by atoms with Crippen molar-refractivity contribution < 1.29 is 27.4 Å². The van der Waals surface area contributed by atoms with Crippen molar-refractivity contribution in [1.29, 1.82) is 0 Å². The van der Waals surface area contributed by atoms with Gasteiger partial charge in [-0.25, -0.2) is 0 Å². The lowest BCUT2D eigenvalue weighted by atomic mass is 10.1. The van der Waals surface area contributed by atoms with E-state index in [1.165, 1.54) is 4.90 Å². The van der Waals surface area contributed by atoms with Crippen LogP contribution in [0, 0.1) is 0 Å². The Morgan fingerprint density at radius 1 is 1.08 bits per heavy atom. The summed E-state index contributed by atoms with van der Waals surface area (Å²) in [5.74, 6) is 1.19. The van der Waals surface area contributed by atoms with Gasteiger partial charge in [-0.15, -0.1) is 0 Å². The van der Waals surface area contributed by atoms with E-state index in [9.17, 15) is 18.0 Å². The number of hydrogen-bond acceptors (Lipinski definition) is 4. The van der Waals surface area contributed by atoms with Crippen LogP contribution in [0.5, 0.6) is 11.5 Å². The van der Waals surface area contributed by atoms with Gasteiger partial charge < -0.3 is 14.4 Å². The van der Waals surface area contributed by atoms with E-state index >= 15 is 0 Å². The van der Waals surface area contributed by atoms with Crippen molar-refractivity contribution in [1.82, 2.24) is 9.80 Å². The van der Waals surface area contributed by atoms with Gasteiger partial charge in [0.15, 0.2) is 11.5 Å². The lowest BCUT2D eigenvalue weighted by Gasteiger charge is -2.35. The second-order valence-electron chi connectivity index (χ2n) is 5.96. The minimum atomic E-state index is -4.19. The van der Waals surface area contributed by atoms with Crippen molar-refractivity contribution in [3.05, 3.63) is 23.8 Å². The van der Waals surface area contributed by atoms with Crippen molar-refractivity contribution in [2.45, 2.75) is 19.0 Å². The number of aryl methyl sites for hydroxylation is 1. The molecule has 5 nitrogen and oxygen atoms in total. The number of benzene rings is 1. The van der Waals surface area contributed by atoms with Gasteiger partial charge >= 0.3 is 6.18 Å². The number of carbonyl (C=O) groups excluding carboxylic acids is 1. The molecule has 0 aromatic heterocycles. The Kier molecular flexibility index (Phi) is 6.52. The molecule has 1 aromatic rings. The van der Waals surface area contributed by atoms with Crippen LogP contribution in [-0.4, -0.2) is 68.8 Å². The number of alkyl halides is 3. The molecule has 25 heavy (non-hydrogen) atoms. The van der Waals surface area contributed by atoms with Crippen molar-refractivity contribution >= 4 is 5.91 Å². The molecule has 0 atom stereocenters. The highest BCUT2D eigenvalue weighted by Crippen LogP contribution is 2.28. The quantitative estimate of drug-likeness (QED) is 0.781. The topological polar surface area (TPSA) is 42.0 Å². The molecule has 0 saturated carbocycles. The molecule has 0 radical (unpaired) electrons. The van der Waals surface area contributed by atoms with E-state index in [1.807, 2.05) is 12.1 Å². The van der Waals surface area contributed by atoms with E-state index in [0.29, 0.717) is 37.4 Å². The fourth-order valence-corrected chi connectivity index (χ4v) is 2.85. The maximum Gasteiger partial charge on any atom is 0.401 e. The lowest BCUT2D eigenvalue weighted by molar-refractivity contribution is -0.151. The van der Waals surface area contributed by atoms with Gasteiger partial charge in [-0.1, -0.05) is 6.07 Å². The average Bonchev–Trinajstić information content (AvgIpc) is 2.58. The minimum Gasteiger partial charge on any atom is -0.493 e. The lowest BCUT2D eigenvalue weighted by Crippen LogP contribution is -2.50. The highest BCUT2D eigenvalue weighted by Gasteiger charge is 2.32. The molecule has 1 fully saturated rings. The summed E-state index contributed by atoms with van der Waals surface area (Å²) in [6, 6.07) is 5.48. The van der Waals surface area contributed by atoms with Gasteiger partial charge in [-0.2, -0.15) is 13.2 Å². The molecular weight excluding hydrogens is 337 g/mol. The zero-order chi connectivity index (χ0) is 18.4. The number of piperazine rings is 1. The van der Waals surface area contributed by atoms with Crippen molar-refractivity contribution in [2.75, 3.05) is 46.9 Å². The molecule has 1 aromatic carbocycles. The van der Waals surface area contributed by atoms with Crippen LogP contribution >= 0.6 is 0 Å². The van der Waals surface area contributed by atoms with E-state index in [-0.39, 0.29) is 19.0 Å². The summed E-state index contributed by atoms with van der Waals surface area (Å²) in [6.45, 7) is 0.256. The molecule has 1 aliphatic heterocycles. The number of methoxy groups -OCH3 is 2. The minimum absolute atomic E-state index is 0.0403. The molecule has 0 aliphatic carbocycles. The second-order valence-corrected chi connectivity index (χ2v) is 5.96. The second kappa shape index (κ2) is 8.42. The predicted octanol–water partition coefficient (Wildman–Crippen LogP) is 2.34. The SMILES string of the molecule is COc1ccc(CCC(=O)N2CCN(CC(F)(F)F)CC2)cc1OC. The van der Waals surface area contributed by atoms with Gasteiger partial charge in [0, 0.05) is 32.6 Å². The van der Waals surface area contributed by atoms with E-state index in [1.54, 1.807) is 25.2 Å². The number of rotatable bonds is 6. The van der Waals surface area contributed by atoms with Crippen molar-refractivity contribution in [3.8, 4) is 11.5 Å². The Labute approximate surface area is 145 Å². The summed E-state index contributed by atoms with van der Waals surface area (Å²) in [4.78, 5) is 15.2. The highest BCUT2D eigenvalue weighted by atomic mass is 19.4. The van der Waals surface area contributed by atoms with E-state index in [4.69, 9.17) is 9.47 Å². The van der Waals surface area contributed by atoms with E-state index < -0.39 is 12.7 Å². The molecule has 1 saturated heterocycles. The van der Waals surface area contributed by atoms with E-state index in [0.717, 1.165) is 5.56 Å². The van der Waals surface area contributed by atoms with Crippen LogP contribution in [-0.2, 0) is 11.2 Å². The van der Waals surface area contributed by atoms with Crippen LogP contribution in [0.1, 0.15) is 12.0 Å². The third-order valence-corrected chi connectivity index (χ3v) is 4.20. The molecule has 140 valence electrons. The summed E-state index contributed by atoms with van der Waals surface area (Å²) in [5, 5.41) is 0. The first-order valence-corrected chi connectivity index (χ1v) is 8.10. The fraction of sp³-hybridized carbons (Fsp3) is 0.588. The summed E-state index contributed by atoms with van der Waals surface area (Å²) < 4.78 is 47.5. The summed E-state index contributed by atoms with van der Waals surface area (Å²) in [7, 11) is 3.10. The molecule has 2 rings (SSSR count). The third-order valence-electron chi connectivity index (χ3n) is 4.20. The average molecular weight is 360 g/mol. The van der Waals surface area contributed by atoms with Crippen LogP contribution in [0.25, 0.3) is 0 Å². The maximum atomic E-state index is 12.4. The molecule has 0 spiro atoms. The largest absolute Gasteiger partial charge is 0.493 e. The van der Waals surface area contributed by atoms with Crippen LogP contribution in [0.2, 0.25) is 0 Å². The van der Waals surface area contributed by atoms with Gasteiger partial charge in [0.25, 0.3) is 0 Å². The van der Waals surface area contributed by atoms with Crippen LogP contribution in [0.3, 0.4) is 0 Å². The fourth-order valence-electron chi connectivity index (χ4n) is 2.85. The summed E-state index contributed by atoms with van der Waals surface area (Å²) >= 11 is 0. The van der Waals surface area contributed by atoms with E-state index in [2.05, 4.69) is 0 Å². The molecule has 1 heterocycles. The number of halogens is 3. The van der Waals surface area contributed by atoms with Gasteiger partial charge in [-0.3, -0.25) is 9.69 Å². The standard InChI is InChI=1S/C17H23F3N2O3/c1-24-14-5-3-13(11-15(14)25-2)4-6-16(23)22-9-7-21(8-10-22)12-17(18,19)20/h3,5,11H,4,6-10,12H2,1-2H3. The van der Waals surface area contributed by atoms with Gasteiger partial charge in [0.1, 0.15) is 0 Å². The van der Waals surface area contributed by atoms with Gasteiger partial charge in [0.05, 0.1) is 20.8 Å². The maximum absolute atomic E-state index is 12.4. The smallest absolute Gasteiger partial charge is 0.401 e. The third kappa shape index (κ3) is 5.81. The first-order valence-electron chi connectivity index (χ1n) is 8.10. The predicted molar refractivity (Wildman–Crippen MR) is 86.9 cm³/mol. The zero-order valence-corrected chi connectivity index (χ0v) is 14.4. The number of hydrogen-bond donors (Lipinski definition) is 0. The Hall–Kier alpha value is -1.96. The highest BCUT2D eigenvalue weighted by molar-refractivity contribution is 5.76. The van der Waals surface area contributed by atoms with Gasteiger partial charge in [-0.05, 0) is 24.1 Å². The Balaban J connectivity index is 1.81. The molecule has 0 N–H and O–H groups in total. The number of nitrogens with zero attached hydrogens (tertiary/aromatic N) is 2. The molecule has 0 unspecified atom stereocenters. The molecule has 1 amide bonds. The molecule has 0 bridgehead atoms. The van der Waals surface area contributed by atoms with Crippen LogP contribution < -0.4 is 9.47 Å². The number of carbonyl (C=O) groups is 1.